The number of hydrogen-bond donors (Lipinski definition) is 0. The van der Waals surface area contributed by atoms with Crippen LogP contribution in [0.1, 0.15) is 0 Å². The fourth-order valence-electron chi connectivity index (χ4n) is 8.73. The minimum atomic E-state index is 0.919. The molecule has 0 fully saturated rings. The zero-order chi connectivity index (χ0) is 33.2. The summed E-state index contributed by atoms with van der Waals surface area (Å²) in [5.74, 6) is 0. The lowest BCUT2D eigenvalue weighted by molar-refractivity contribution is 0.670. The summed E-state index contributed by atoms with van der Waals surface area (Å²) in [4.78, 5) is 0. The molecule has 3 heteroatoms. The summed E-state index contributed by atoms with van der Waals surface area (Å²) in [6, 6.07) is 57.8. The highest BCUT2D eigenvalue weighted by Gasteiger charge is 2.22. The maximum absolute atomic E-state index is 6.61. The van der Waals surface area contributed by atoms with Crippen molar-refractivity contribution in [2.24, 2.45) is 0 Å². The van der Waals surface area contributed by atoms with E-state index in [1.165, 1.54) is 89.4 Å². The Labute approximate surface area is 300 Å². The predicted molar refractivity (Wildman–Crippen MR) is 223 cm³/mol. The molecular formula is C48H26OS2. The third kappa shape index (κ3) is 3.74. The van der Waals surface area contributed by atoms with Crippen LogP contribution in [0.25, 0.3) is 117 Å². The second kappa shape index (κ2) is 10.3. The van der Waals surface area contributed by atoms with Gasteiger partial charge in [-0.3, -0.25) is 0 Å². The minimum Gasteiger partial charge on any atom is -0.455 e. The Morgan fingerprint density at radius 1 is 0.353 bits per heavy atom. The molecule has 236 valence electrons. The van der Waals surface area contributed by atoms with E-state index in [9.17, 15) is 0 Å². The van der Waals surface area contributed by atoms with E-state index < -0.39 is 0 Å². The number of rotatable bonds is 2. The largest absolute Gasteiger partial charge is 0.455 e. The lowest BCUT2D eigenvalue weighted by Crippen LogP contribution is -1.91. The van der Waals surface area contributed by atoms with E-state index in [0.29, 0.717) is 0 Å². The summed E-state index contributed by atoms with van der Waals surface area (Å²) in [7, 11) is 0. The van der Waals surface area contributed by atoms with E-state index in [4.69, 9.17) is 4.42 Å². The Bertz CT molecular complexity index is 3370. The molecule has 0 N–H and O–H groups in total. The van der Waals surface area contributed by atoms with Gasteiger partial charge in [0.2, 0.25) is 0 Å². The van der Waals surface area contributed by atoms with Gasteiger partial charge in [-0.05, 0) is 56.3 Å². The van der Waals surface area contributed by atoms with Crippen LogP contribution in [0.3, 0.4) is 0 Å². The van der Waals surface area contributed by atoms with Crippen molar-refractivity contribution in [2.45, 2.75) is 0 Å². The second-order valence-electron chi connectivity index (χ2n) is 13.5. The molecule has 0 amide bonds. The zero-order valence-electron chi connectivity index (χ0n) is 27.2. The highest BCUT2D eigenvalue weighted by atomic mass is 32.1. The van der Waals surface area contributed by atoms with Crippen LogP contribution in [0, 0.1) is 0 Å². The van der Waals surface area contributed by atoms with Crippen LogP contribution >= 0.6 is 22.7 Å². The van der Waals surface area contributed by atoms with Gasteiger partial charge in [-0.15, -0.1) is 22.7 Å². The normalized spacial score (nSPS) is 12.3. The van der Waals surface area contributed by atoms with Gasteiger partial charge in [0.15, 0.2) is 0 Å². The molecule has 0 aliphatic heterocycles. The molecule has 0 unspecified atom stereocenters. The van der Waals surface area contributed by atoms with Crippen molar-refractivity contribution in [3.05, 3.63) is 158 Å². The third-order valence-electron chi connectivity index (χ3n) is 10.8. The Balaban J connectivity index is 1.17. The van der Waals surface area contributed by atoms with Crippen LogP contribution in [0.2, 0.25) is 0 Å². The number of para-hydroxylation sites is 2. The minimum absolute atomic E-state index is 0.919. The molecule has 9 aromatic carbocycles. The predicted octanol–water partition coefficient (Wildman–Crippen LogP) is 15.1. The van der Waals surface area contributed by atoms with Crippen molar-refractivity contribution in [3.63, 3.8) is 0 Å². The molecule has 0 bridgehead atoms. The summed E-state index contributed by atoms with van der Waals surface area (Å²) < 4.78 is 12.0. The fraction of sp³-hybridized carbons (Fsp3) is 0. The lowest BCUT2D eigenvalue weighted by atomic mass is 9.85. The first-order chi connectivity index (χ1) is 25.3. The van der Waals surface area contributed by atoms with E-state index in [1.54, 1.807) is 0 Å². The standard InChI is InChI=1S/C48H26OS2/c1-3-15-31-29(13-1)42(30-14-2-4-16-32(30)43(31)38-21-11-20-34-28-12-7-9-22-39(28)49-46(34)38)27-24-25-37-41(26-27)51-47-35-18-6-5-17-33(35)44-36-19-8-10-23-40(36)50-48(44)45(37)47/h1-26H. The first-order valence-electron chi connectivity index (χ1n) is 17.3. The second-order valence-corrected chi connectivity index (χ2v) is 15.6. The summed E-state index contributed by atoms with van der Waals surface area (Å²) in [6.45, 7) is 0. The number of fused-ring (bicyclic) bond motifs is 15. The molecule has 3 aromatic heterocycles. The molecule has 0 saturated carbocycles. The molecule has 3 heterocycles. The van der Waals surface area contributed by atoms with E-state index in [-0.39, 0.29) is 0 Å². The van der Waals surface area contributed by atoms with Crippen LogP contribution in [0.4, 0.5) is 0 Å². The van der Waals surface area contributed by atoms with Crippen LogP contribution in [-0.4, -0.2) is 0 Å². The molecule has 12 rings (SSSR count). The Morgan fingerprint density at radius 3 is 1.69 bits per heavy atom. The monoisotopic (exact) mass is 682 g/mol. The maximum Gasteiger partial charge on any atom is 0.143 e. The summed E-state index contributed by atoms with van der Waals surface area (Å²) in [5.41, 5.74) is 6.72. The van der Waals surface area contributed by atoms with Gasteiger partial charge in [-0.1, -0.05) is 140 Å². The van der Waals surface area contributed by atoms with Crippen molar-refractivity contribution >= 4 is 117 Å². The van der Waals surface area contributed by atoms with Crippen LogP contribution < -0.4 is 0 Å². The third-order valence-corrected chi connectivity index (χ3v) is 13.2. The van der Waals surface area contributed by atoms with Crippen LogP contribution in [-0.2, 0) is 0 Å². The SMILES string of the molecule is c1ccc2c(c1)oc1c(-c3c4ccccc4c(-c4ccc5c(c4)sc4c6ccccc6c6c7ccccc7sc6c54)c4ccccc34)cccc12. The van der Waals surface area contributed by atoms with Crippen LogP contribution in [0.15, 0.2) is 162 Å². The van der Waals surface area contributed by atoms with Gasteiger partial charge in [-0.25, -0.2) is 0 Å². The first kappa shape index (κ1) is 27.8. The highest BCUT2D eigenvalue weighted by molar-refractivity contribution is 7.30. The maximum atomic E-state index is 6.61. The van der Waals surface area contributed by atoms with Crippen molar-refractivity contribution in [3.8, 4) is 22.3 Å². The summed E-state index contributed by atoms with van der Waals surface area (Å²) >= 11 is 3.86. The number of furan rings is 1. The highest BCUT2D eigenvalue weighted by Crippen LogP contribution is 2.51. The molecule has 0 atom stereocenters. The number of benzene rings is 9. The zero-order valence-corrected chi connectivity index (χ0v) is 28.9. The van der Waals surface area contributed by atoms with Gasteiger partial charge in [0, 0.05) is 67.6 Å². The van der Waals surface area contributed by atoms with Gasteiger partial charge in [0.1, 0.15) is 11.2 Å². The molecule has 0 aliphatic rings. The van der Waals surface area contributed by atoms with E-state index in [2.05, 4.69) is 152 Å². The number of hydrogen-bond acceptors (Lipinski definition) is 3. The average Bonchev–Trinajstić information content (AvgIpc) is 3.88. The number of thiophene rings is 2. The Morgan fingerprint density at radius 2 is 0.922 bits per heavy atom. The Kier molecular flexibility index (Phi) is 5.59. The van der Waals surface area contributed by atoms with Crippen molar-refractivity contribution in [2.75, 3.05) is 0 Å². The quantitative estimate of drug-likeness (QED) is 0.165. The topological polar surface area (TPSA) is 13.1 Å². The van der Waals surface area contributed by atoms with Gasteiger partial charge < -0.3 is 4.42 Å². The molecule has 0 saturated heterocycles. The lowest BCUT2D eigenvalue weighted by Gasteiger charge is -2.18. The summed E-state index contributed by atoms with van der Waals surface area (Å²) in [6.07, 6.45) is 0. The Hall–Kier alpha value is -6.00. The molecule has 12 aromatic rings. The van der Waals surface area contributed by atoms with E-state index in [1.807, 2.05) is 28.7 Å². The summed E-state index contributed by atoms with van der Waals surface area (Å²) in [5, 5.41) is 15.4. The van der Waals surface area contributed by atoms with E-state index >= 15 is 0 Å². The van der Waals surface area contributed by atoms with E-state index in [0.717, 1.165) is 27.5 Å². The smallest absolute Gasteiger partial charge is 0.143 e. The van der Waals surface area contributed by atoms with Crippen molar-refractivity contribution in [1.82, 2.24) is 0 Å². The average molecular weight is 683 g/mol. The van der Waals surface area contributed by atoms with Crippen LogP contribution in [0.5, 0.6) is 0 Å². The van der Waals surface area contributed by atoms with Gasteiger partial charge in [0.25, 0.3) is 0 Å². The molecule has 51 heavy (non-hydrogen) atoms. The molecule has 1 nitrogen and oxygen atoms in total. The molecule has 0 radical (unpaired) electrons. The van der Waals surface area contributed by atoms with Gasteiger partial charge in [-0.2, -0.15) is 0 Å². The molecular weight excluding hydrogens is 657 g/mol. The van der Waals surface area contributed by atoms with Crippen molar-refractivity contribution < 1.29 is 4.42 Å². The molecule has 0 aliphatic carbocycles. The van der Waals surface area contributed by atoms with Gasteiger partial charge in [0.05, 0.1) is 0 Å². The molecule has 0 spiro atoms. The first-order valence-corrected chi connectivity index (χ1v) is 19.0. The van der Waals surface area contributed by atoms with Gasteiger partial charge >= 0.3 is 0 Å². The fourth-order valence-corrected chi connectivity index (χ4v) is 11.4. The van der Waals surface area contributed by atoms with Crippen molar-refractivity contribution in [1.29, 1.82) is 0 Å².